The van der Waals surface area contributed by atoms with Gasteiger partial charge in [-0.1, -0.05) is 33.0 Å². The Morgan fingerprint density at radius 3 is 2.68 bits per heavy atom. The van der Waals surface area contributed by atoms with Crippen molar-refractivity contribution in [2.45, 2.75) is 58.0 Å². The van der Waals surface area contributed by atoms with Gasteiger partial charge in [-0.2, -0.15) is 0 Å². The van der Waals surface area contributed by atoms with Gasteiger partial charge in [0, 0.05) is 29.8 Å². The third kappa shape index (κ3) is 4.51. The second-order valence-electron chi connectivity index (χ2n) is 6.29. The first-order chi connectivity index (χ1) is 8.86. The minimum absolute atomic E-state index is 0.137. The second kappa shape index (κ2) is 5.85. The van der Waals surface area contributed by atoms with Crippen LogP contribution in [0.25, 0.3) is 0 Å². The molecular formula is C14H23N3S2. The van der Waals surface area contributed by atoms with Crippen LogP contribution in [-0.2, 0) is 12.0 Å². The van der Waals surface area contributed by atoms with Crippen molar-refractivity contribution in [3.63, 3.8) is 0 Å². The summed E-state index contributed by atoms with van der Waals surface area (Å²) in [5.41, 5.74) is 6.94. The minimum Gasteiger partial charge on any atom is -0.393 e. The first kappa shape index (κ1) is 14.9. The predicted octanol–water partition coefficient (Wildman–Crippen LogP) is 3.08. The number of nitrogens with zero attached hydrogens (tertiary/aromatic N) is 2. The molecule has 0 amide bonds. The van der Waals surface area contributed by atoms with Crippen molar-refractivity contribution in [3.05, 3.63) is 16.1 Å². The van der Waals surface area contributed by atoms with Gasteiger partial charge in [-0.25, -0.2) is 4.98 Å². The Balaban J connectivity index is 1.97. The molecule has 0 atom stereocenters. The molecule has 1 aromatic heterocycles. The fraction of sp³-hybridized carbons (Fsp3) is 0.714. The number of thiazole rings is 1. The molecule has 3 nitrogen and oxygen atoms in total. The molecule has 1 aliphatic carbocycles. The molecule has 1 saturated carbocycles. The number of hydrogen-bond acceptors (Lipinski definition) is 4. The topological polar surface area (TPSA) is 42.1 Å². The van der Waals surface area contributed by atoms with E-state index in [4.69, 9.17) is 22.9 Å². The molecule has 0 aromatic carbocycles. The van der Waals surface area contributed by atoms with Gasteiger partial charge in [0.05, 0.1) is 17.2 Å². The maximum Gasteiger partial charge on any atom is 0.107 e. The van der Waals surface area contributed by atoms with E-state index in [-0.39, 0.29) is 5.41 Å². The second-order valence-corrected chi connectivity index (χ2v) is 7.76. The molecule has 1 heterocycles. The van der Waals surface area contributed by atoms with E-state index >= 15 is 0 Å². The molecule has 0 radical (unpaired) electrons. The first-order valence-corrected chi connectivity index (χ1v) is 8.12. The van der Waals surface area contributed by atoms with Gasteiger partial charge in [0.2, 0.25) is 0 Å². The summed E-state index contributed by atoms with van der Waals surface area (Å²) in [6, 6.07) is 0.719. The molecule has 1 aromatic rings. The summed E-state index contributed by atoms with van der Waals surface area (Å²) in [6.45, 7) is 8.52. The number of hydrogen-bond donors (Lipinski definition) is 1. The van der Waals surface area contributed by atoms with Gasteiger partial charge in [0.25, 0.3) is 0 Å². The summed E-state index contributed by atoms with van der Waals surface area (Å²) < 4.78 is 0. The van der Waals surface area contributed by atoms with Gasteiger partial charge in [-0.3, -0.25) is 4.90 Å². The highest BCUT2D eigenvalue weighted by atomic mass is 32.1. The van der Waals surface area contributed by atoms with Crippen LogP contribution in [0.1, 0.15) is 50.7 Å². The summed E-state index contributed by atoms with van der Waals surface area (Å²) in [7, 11) is 0. The van der Waals surface area contributed by atoms with Crippen molar-refractivity contribution in [1.29, 1.82) is 0 Å². The molecule has 19 heavy (non-hydrogen) atoms. The number of thiocarbonyl (C=S) groups is 1. The lowest BCUT2D eigenvalue weighted by Gasteiger charge is -2.20. The lowest BCUT2D eigenvalue weighted by Crippen LogP contribution is -2.29. The van der Waals surface area contributed by atoms with Gasteiger partial charge in [0.1, 0.15) is 5.01 Å². The molecule has 1 fully saturated rings. The van der Waals surface area contributed by atoms with E-state index < -0.39 is 0 Å². The molecule has 0 unspecified atom stereocenters. The Kier molecular flexibility index (Phi) is 4.58. The number of aromatic nitrogens is 1. The van der Waals surface area contributed by atoms with Gasteiger partial charge < -0.3 is 5.73 Å². The molecule has 0 aliphatic heterocycles. The van der Waals surface area contributed by atoms with Crippen molar-refractivity contribution in [2.24, 2.45) is 5.73 Å². The number of rotatable bonds is 6. The first-order valence-electron chi connectivity index (χ1n) is 6.83. The molecule has 2 N–H and O–H groups in total. The van der Waals surface area contributed by atoms with Crippen molar-refractivity contribution in [1.82, 2.24) is 9.88 Å². The average molecular weight is 297 g/mol. The summed E-state index contributed by atoms with van der Waals surface area (Å²) in [5, 5.41) is 3.40. The summed E-state index contributed by atoms with van der Waals surface area (Å²) in [6.07, 6.45) is 3.41. The standard InChI is InChI=1S/C14H23N3S2/c1-14(2,3)11-9-19-13(16-11)8-17(10-4-5-10)7-6-12(15)18/h9-10H,4-8H2,1-3H3,(H2,15,18). The van der Waals surface area contributed by atoms with Gasteiger partial charge >= 0.3 is 0 Å². The normalized spacial score (nSPS) is 16.0. The molecule has 106 valence electrons. The van der Waals surface area contributed by atoms with E-state index in [0.29, 0.717) is 4.99 Å². The van der Waals surface area contributed by atoms with Gasteiger partial charge in [-0.05, 0) is 12.8 Å². The fourth-order valence-corrected chi connectivity index (χ4v) is 3.12. The average Bonchev–Trinajstić information content (AvgIpc) is 3.02. The van der Waals surface area contributed by atoms with Gasteiger partial charge in [0.15, 0.2) is 0 Å². The molecule has 2 rings (SSSR count). The quantitative estimate of drug-likeness (QED) is 0.819. The van der Waals surface area contributed by atoms with Crippen LogP contribution in [0.15, 0.2) is 5.38 Å². The fourth-order valence-electron chi connectivity index (χ4n) is 1.99. The zero-order valence-electron chi connectivity index (χ0n) is 12.0. The summed E-state index contributed by atoms with van der Waals surface area (Å²) >= 11 is 6.74. The van der Waals surface area contributed by atoms with Crippen molar-refractivity contribution < 1.29 is 0 Å². The third-order valence-corrected chi connectivity index (χ3v) is 4.40. The largest absolute Gasteiger partial charge is 0.393 e. The Hall–Kier alpha value is -0.520. The van der Waals surface area contributed by atoms with Crippen molar-refractivity contribution >= 4 is 28.5 Å². The monoisotopic (exact) mass is 297 g/mol. The van der Waals surface area contributed by atoms with E-state index in [1.165, 1.54) is 23.5 Å². The van der Waals surface area contributed by atoms with Crippen LogP contribution in [0.4, 0.5) is 0 Å². The Morgan fingerprint density at radius 1 is 1.53 bits per heavy atom. The zero-order valence-corrected chi connectivity index (χ0v) is 13.6. The molecule has 1 aliphatic rings. The van der Waals surface area contributed by atoms with Crippen LogP contribution >= 0.6 is 23.6 Å². The lowest BCUT2D eigenvalue weighted by molar-refractivity contribution is 0.262. The van der Waals surface area contributed by atoms with E-state index in [1.807, 2.05) is 0 Å². The zero-order chi connectivity index (χ0) is 14.0. The Labute approximate surface area is 125 Å². The van der Waals surface area contributed by atoms with Crippen LogP contribution in [0.2, 0.25) is 0 Å². The third-order valence-electron chi connectivity index (χ3n) is 3.37. The van der Waals surface area contributed by atoms with Crippen LogP contribution in [0, 0.1) is 0 Å². The van der Waals surface area contributed by atoms with E-state index in [1.54, 1.807) is 11.3 Å². The molecule has 5 heteroatoms. The minimum atomic E-state index is 0.137. The highest BCUT2D eigenvalue weighted by molar-refractivity contribution is 7.80. The summed E-state index contributed by atoms with van der Waals surface area (Å²) in [5.74, 6) is 0. The Bertz CT molecular complexity index is 444. The molecule has 0 bridgehead atoms. The van der Waals surface area contributed by atoms with Gasteiger partial charge in [-0.15, -0.1) is 11.3 Å². The molecule has 0 spiro atoms. The van der Waals surface area contributed by atoms with Crippen LogP contribution in [0.3, 0.4) is 0 Å². The van der Waals surface area contributed by atoms with E-state index in [2.05, 4.69) is 31.1 Å². The summed E-state index contributed by atoms with van der Waals surface area (Å²) in [4.78, 5) is 7.86. The van der Waals surface area contributed by atoms with Crippen molar-refractivity contribution in [3.8, 4) is 0 Å². The van der Waals surface area contributed by atoms with E-state index in [0.717, 1.165) is 25.6 Å². The molecular weight excluding hydrogens is 274 g/mol. The van der Waals surface area contributed by atoms with Crippen molar-refractivity contribution in [2.75, 3.05) is 6.54 Å². The van der Waals surface area contributed by atoms with Crippen LogP contribution in [-0.4, -0.2) is 27.5 Å². The van der Waals surface area contributed by atoms with Crippen LogP contribution in [0.5, 0.6) is 0 Å². The predicted molar refractivity (Wildman–Crippen MR) is 85.6 cm³/mol. The maximum absolute atomic E-state index is 5.61. The molecule has 0 saturated heterocycles. The highest BCUT2D eigenvalue weighted by Crippen LogP contribution is 2.30. The highest BCUT2D eigenvalue weighted by Gasteiger charge is 2.29. The maximum atomic E-state index is 5.61. The van der Waals surface area contributed by atoms with Crippen LogP contribution < -0.4 is 5.73 Å². The van der Waals surface area contributed by atoms with E-state index in [9.17, 15) is 0 Å². The smallest absolute Gasteiger partial charge is 0.107 e. The SMILES string of the molecule is CC(C)(C)c1csc(CN(CCC(N)=S)C2CC2)n1. The lowest BCUT2D eigenvalue weighted by atomic mass is 9.93. The Morgan fingerprint density at radius 2 is 2.21 bits per heavy atom. The number of nitrogens with two attached hydrogens (primary N) is 1.